The van der Waals surface area contributed by atoms with Crippen LogP contribution in [-0.2, 0) is 16.1 Å². The van der Waals surface area contributed by atoms with Crippen molar-refractivity contribution < 1.29 is 24.1 Å². The van der Waals surface area contributed by atoms with E-state index in [1.807, 2.05) is 24.3 Å². The summed E-state index contributed by atoms with van der Waals surface area (Å²) in [7, 11) is 3.15. The molecular weight excluding hydrogens is 394 g/mol. The van der Waals surface area contributed by atoms with E-state index >= 15 is 0 Å². The number of aliphatic carboxylic acids is 1. The van der Waals surface area contributed by atoms with Crippen LogP contribution in [0, 0.1) is 6.92 Å². The van der Waals surface area contributed by atoms with Crippen LogP contribution in [0.5, 0.6) is 11.5 Å². The van der Waals surface area contributed by atoms with E-state index in [0.717, 1.165) is 46.3 Å². The van der Waals surface area contributed by atoms with E-state index in [1.165, 1.54) is 0 Å². The lowest BCUT2D eigenvalue weighted by molar-refractivity contribution is -0.132. The average Bonchev–Trinajstić information content (AvgIpc) is 3.05. The molecule has 164 valence electrons. The number of benzene rings is 2. The maximum absolute atomic E-state index is 11.6. The molecule has 31 heavy (non-hydrogen) atoms. The quantitative estimate of drug-likeness (QED) is 0.363. The molecule has 0 aliphatic carbocycles. The molecule has 1 heterocycles. The fraction of sp³-hybridized carbons (Fsp3) is 0.320. The highest BCUT2D eigenvalue weighted by Crippen LogP contribution is 2.45. The number of methoxy groups -OCH3 is 2. The summed E-state index contributed by atoms with van der Waals surface area (Å²) in [6.07, 6.45) is 2.61. The SMILES string of the molecule is CCCn1c(-c2ccccc2)c(C)c2c(OCOC)c(OC)cc(/C=C(\C)C(=O)O)c21. The molecule has 3 aromatic rings. The van der Waals surface area contributed by atoms with Crippen molar-refractivity contribution in [2.75, 3.05) is 21.0 Å². The smallest absolute Gasteiger partial charge is 0.331 e. The number of ether oxygens (including phenoxy) is 3. The number of carboxylic acids is 1. The number of carboxylic acid groups (broad SMARTS) is 1. The van der Waals surface area contributed by atoms with Gasteiger partial charge in [0.1, 0.15) is 0 Å². The molecular formula is C25H29NO5. The van der Waals surface area contributed by atoms with Crippen molar-refractivity contribution in [3.63, 3.8) is 0 Å². The Labute approximate surface area is 182 Å². The van der Waals surface area contributed by atoms with Gasteiger partial charge in [-0.05, 0) is 43.5 Å². The Morgan fingerprint density at radius 3 is 2.48 bits per heavy atom. The van der Waals surface area contributed by atoms with E-state index in [9.17, 15) is 9.90 Å². The first-order valence-corrected chi connectivity index (χ1v) is 10.3. The number of hydrogen-bond acceptors (Lipinski definition) is 4. The van der Waals surface area contributed by atoms with Gasteiger partial charge < -0.3 is 23.9 Å². The highest BCUT2D eigenvalue weighted by Gasteiger charge is 2.24. The monoisotopic (exact) mass is 423 g/mol. The average molecular weight is 424 g/mol. The first-order valence-electron chi connectivity index (χ1n) is 10.3. The summed E-state index contributed by atoms with van der Waals surface area (Å²) in [4.78, 5) is 11.6. The Balaban J connectivity index is 2.50. The lowest BCUT2D eigenvalue weighted by Crippen LogP contribution is -2.04. The summed E-state index contributed by atoms with van der Waals surface area (Å²) in [5.41, 5.74) is 5.15. The Kier molecular flexibility index (Phi) is 7.02. The minimum atomic E-state index is -0.958. The highest BCUT2D eigenvalue weighted by molar-refractivity contribution is 6.04. The van der Waals surface area contributed by atoms with Crippen LogP contribution in [-0.4, -0.2) is 36.7 Å². The van der Waals surface area contributed by atoms with Gasteiger partial charge in [-0.25, -0.2) is 4.79 Å². The number of aryl methyl sites for hydroxylation is 2. The van der Waals surface area contributed by atoms with Gasteiger partial charge >= 0.3 is 5.97 Å². The molecule has 0 saturated carbocycles. The van der Waals surface area contributed by atoms with E-state index < -0.39 is 5.97 Å². The second-order valence-electron chi connectivity index (χ2n) is 7.40. The summed E-state index contributed by atoms with van der Waals surface area (Å²) in [6.45, 7) is 6.63. The van der Waals surface area contributed by atoms with E-state index in [4.69, 9.17) is 14.2 Å². The summed E-state index contributed by atoms with van der Waals surface area (Å²) in [5, 5.41) is 10.4. The van der Waals surface area contributed by atoms with Crippen LogP contribution in [0.25, 0.3) is 28.2 Å². The molecule has 0 atom stereocenters. The van der Waals surface area contributed by atoms with E-state index in [1.54, 1.807) is 27.2 Å². The predicted octanol–water partition coefficient (Wildman–Crippen LogP) is 5.51. The molecule has 0 fully saturated rings. The lowest BCUT2D eigenvalue weighted by atomic mass is 10.0. The van der Waals surface area contributed by atoms with Gasteiger partial charge in [-0.15, -0.1) is 0 Å². The van der Waals surface area contributed by atoms with Gasteiger partial charge in [0.15, 0.2) is 18.3 Å². The third kappa shape index (κ3) is 4.30. The number of rotatable bonds is 9. The maximum atomic E-state index is 11.6. The molecule has 0 amide bonds. The summed E-state index contributed by atoms with van der Waals surface area (Å²) >= 11 is 0. The lowest BCUT2D eigenvalue weighted by Gasteiger charge is -2.16. The number of nitrogens with zero attached hydrogens (tertiary/aromatic N) is 1. The van der Waals surface area contributed by atoms with Gasteiger partial charge in [-0.3, -0.25) is 0 Å². The molecule has 0 spiro atoms. The Hall–Kier alpha value is -3.25. The number of hydrogen-bond donors (Lipinski definition) is 1. The summed E-state index contributed by atoms with van der Waals surface area (Å²) in [5.74, 6) is 0.166. The largest absolute Gasteiger partial charge is 0.493 e. The molecule has 6 nitrogen and oxygen atoms in total. The van der Waals surface area contributed by atoms with Crippen LogP contribution >= 0.6 is 0 Å². The van der Waals surface area contributed by atoms with Crippen LogP contribution in [0.4, 0.5) is 0 Å². The van der Waals surface area contributed by atoms with Gasteiger partial charge in [-0.2, -0.15) is 0 Å². The molecule has 0 unspecified atom stereocenters. The highest BCUT2D eigenvalue weighted by atomic mass is 16.7. The van der Waals surface area contributed by atoms with Gasteiger partial charge in [0, 0.05) is 30.2 Å². The Morgan fingerprint density at radius 2 is 1.90 bits per heavy atom. The zero-order chi connectivity index (χ0) is 22.5. The van der Waals surface area contributed by atoms with Crippen molar-refractivity contribution in [3.8, 4) is 22.8 Å². The third-order valence-corrected chi connectivity index (χ3v) is 5.26. The van der Waals surface area contributed by atoms with Crippen LogP contribution in [0.3, 0.4) is 0 Å². The molecule has 0 bridgehead atoms. The molecule has 0 saturated heterocycles. The van der Waals surface area contributed by atoms with Crippen LogP contribution < -0.4 is 9.47 Å². The first kappa shape index (κ1) is 22.4. The Bertz CT molecular complexity index is 1110. The molecule has 0 aliphatic heterocycles. The van der Waals surface area contributed by atoms with E-state index in [2.05, 4.69) is 30.5 Å². The minimum absolute atomic E-state index is 0.0772. The Morgan fingerprint density at radius 1 is 1.19 bits per heavy atom. The standard InChI is InChI=1S/C25H29NO5/c1-6-12-26-22(18-10-8-7-9-11-18)17(3)21-23(26)19(13-16(2)25(27)28)14-20(30-5)24(21)31-15-29-4/h7-11,13-14H,6,12,15H2,1-5H3,(H,27,28)/b16-13+. The topological polar surface area (TPSA) is 69.9 Å². The molecule has 1 aromatic heterocycles. The fourth-order valence-electron chi connectivity index (χ4n) is 3.95. The second kappa shape index (κ2) is 9.71. The van der Waals surface area contributed by atoms with Crippen molar-refractivity contribution >= 4 is 22.9 Å². The molecule has 0 radical (unpaired) electrons. The van der Waals surface area contributed by atoms with E-state index in [-0.39, 0.29) is 12.4 Å². The number of aromatic nitrogens is 1. The van der Waals surface area contributed by atoms with Crippen molar-refractivity contribution in [2.24, 2.45) is 0 Å². The van der Waals surface area contributed by atoms with Crippen LogP contribution in [0.1, 0.15) is 31.4 Å². The molecule has 0 aliphatic rings. The molecule has 2 aromatic carbocycles. The van der Waals surface area contributed by atoms with Crippen LogP contribution in [0.2, 0.25) is 0 Å². The molecule has 6 heteroatoms. The summed E-state index contributed by atoms with van der Waals surface area (Å²) < 4.78 is 19.0. The van der Waals surface area contributed by atoms with E-state index in [0.29, 0.717) is 11.5 Å². The fourth-order valence-corrected chi connectivity index (χ4v) is 3.95. The van der Waals surface area contributed by atoms with Crippen molar-refractivity contribution in [1.82, 2.24) is 4.57 Å². The number of carbonyl (C=O) groups is 1. The second-order valence-corrected chi connectivity index (χ2v) is 7.40. The molecule has 3 rings (SSSR count). The zero-order valence-corrected chi connectivity index (χ0v) is 18.7. The van der Waals surface area contributed by atoms with Gasteiger partial charge in [0.05, 0.1) is 18.3 Å². The summed E-state index contributed by atoms with van der Waals surface area (Å²) in [6, 6.07) is 12.0. The minimum Gasteiger partial charge on any atom is -0.493 e. The van der Waals surface area contributed by atoms with Gasteiger partial charge in [0.25, 0.3) is 0 Å². The predicted molar refractivity (Wildman–Crippen MR) is 123 cm³/mol. The number of fused-ring (bicyclic) bond motifs is 1. The first-order chi connectivity index (χ1) is 14.9. The van der Waals surface area contributed by atoms with Gasteiger partial charge in [-0.1, -0.05) is 37.3 Å². The maximum Gasteiger partial charge on any atom is 0.331 e. The van der Waals surface area contributed by atoms with Crippen molar-refractivity contribution in [3.05, 3.63) is 53.1 Å². The molecule has 1 N–H and O–H groups in total. The zero-order valence-electron chi connectivity index (χ0n) is 18.7. The van der Waals surface area contributed by atoms with Gasteiger partial charge in [0.2, 0.25) is 0 Å². The van der Waals surface area contributed by atoms with Crippen LogP contribution in [0.15, 0.2) is 42.0 Å². The normalized spacial score (nSPS) is 11.7. The van der Waals surface area contributed by atoms with Crippen molar-refractivity contribution in [1.29, 1.82) is 0 Å². The third-order valence-electron chi connectivity index (χ3n) is 5.26. The van der Waals surface area contributed by atoms with Crippen molar-refractivity contribution in [2.45, 2.75) is 33.7 Å².